The molecule has 1 aromatic heterocycles. The monoisotopic (exact) mass is 551 g/mol. The second-order valence-electron chi connectivity index (χ2n) is 7.84. The molecule has 9 heteroatoms. The molecule has 0 N–H and O–H groups in total. The second kappa shape index (κ2) is 10.4. The molecule has 2 aromatic carbocycles. The number of ether oxygens (including phenoxy) is 2. The van der Waals surface area contributed by atoms with Gasteiger partial charge in [0.25, 0.3) is 5.56 Å². The summed E-state index contributed by atoms with van der Waals surface area (Å²) >= 11 is 4.68. The summed E-state index contributed by atoms with van der Waals surface area (Å²) in [5.41, 5.74) is 3.09. The van der Waals surface area contributed by atoms with Gasteiger partial charge in [-0.05, 0) is 50.6 Å². The number of esters is 1. The average Bonchev–Trinajstić information content (AvgIpc) is 3.12. The first kappa shape index (κ1) is 24.6. The minimum atomic E-state index is -0.662. The zero-order chi connectivity index (χ0) is 25.1. The van der Waals surface area contributed by atoms with E-state index < -0.39 is 12.0 Å². The molecule has 1 atom stereocenters. The first-order valence-corrected chi connectivity index (χ1v) is 12.5. The van der Waals surface area contributed by atoms with Crippen LogP contribution in [0.4, 0.5) is 0 Å². The van der Waals surface area contributed by atoms with E-state index in [0.29, 0.717) is 31.9 Å². The van der Waals surface area contributed by atoms with E-state index in [-0.39, 0.29) is 18.8 Å². The molecule has 3 aromatic rings. The number of carbonyl (C=O) groups is 1. The van der Waals surface area contributed by atoms with Gasteiger partial charge < -0.3 is 9.47 Å². The van der Waals surface area contributed by atoms with Crippen LogP contribution in [0.1, 0.15) is 36.6 Å². The maximum atomic E-state index is 13.7. The highest BCUT2D eigenvalue weighted by atomic mass is 79.9. The number of fused-ring (bicyclic) bond motifs is 1. The lowest BCUT2D eigenvalue weighted by Gasteiger charge is -2.24. The quantitative estimate of drug-likeness (QED) is 0.434. The number of nitriles is 1. The van der Waals surface area contributed by atoms with Gasteiger partial charge in [0, 0.05) is 10.0 Å². The summed E-state index contributed by atoms with van der Waals surface area (Å²) in [4.78, 5) is 31.8. The lowest BCUT2D eigenvalue weighted by Crippen LogP contribution is -2.39. The van der Waals surface area contributed by atoms with Crippen LogP contribution in [0.15, 0.2) is 68.0 Å². The smallest absolute Gasteiger partial charge is 0.338 e. The van der Waals surface area contributed by atoms with Crippen LogP contribution in [0.2, 0.25) is 0 Å². The molecule has 0 spiro atoms. The lowest BCUT2D eigenvalue weighted by atomic mass is 9.95. The zero-order valence-corrected chi connectivity index (χ0v) is 21.8. The minimum Gasteiger partial charge on any atom is -0.478 e. The van der Waals surface area contributed by atoms with Gasteiger partial charge in [-0.3, -0.25) is 9.36 Å². The molecule has 0 saturated heterocycles. The van der Waals surface area contributed by atoms with Gasteiger partial charge in [-0.25, -0.2) is 9.79 Å². The Balaban J connectivity index is 1.94. The van der Waals surface area contributed by atoms with Crippen LogP contribution >= 0.6 is 27.3 Å². The molecule has 0 unspecified atom stereocenters. The van der Waals surface area contributed by atoms with Gasteiger partial charge >= 0.3 is 5.97 Å². The fraction of sp³-hybridized carbons (Fsp3) is 0.231. The second-order valence-corrected chi connectivity index (χ2v) is 9.77. The summed E-state index contributed by atoms with van der Waals surface area (Å²) in [5, 5.41) is 8.90. The van der Waals surface area contributed by atoms with Crippen molar-refractivity contribution in [3.63, 3.8) is 0 Å². The van der Waals surface area contributed by atoms with Gasteiger partial charge in [0.15, 0.2) is 11.4 Å². The molecule has 1 aliphatic heterocycles. The van der Waals surface area contributed by atoms with Gasteiger partial charge in [-0.15, -0.1) is 0 Å². The molecule has 0 saturated carbocycles. The van der Waals surface area contributed by atoms with E-state index in [1.54, 1.807) is 36.6 Å². The van der Waals surface area contributed by atoms with Crippen molar-refractivity contribution in [2.75, 3.05) is 13.2 Å². The predicted molar refractivity (Wildman–Crippen MR) is 137 cm³/mol. The number of hydrogen-bond acceptors (Lipinski definition) is 7. The van der Waals surface area contributed by atoms with E-state index in [1.165, 1.54) is 11.3 Å². The van der Waals surface area contributed by atoms with Crippen molar-refractivity contribution < 1.29 is 14.3 Å². The summed E-state index contributed by atoms with van der Waals surface area (Å²) < 4.78 is 13.6. The van der Waals surface area contributed by atoms with Crippen molar-refractivity contribution in [1.29, 1.82) is 5.26 Å². The Morgan fingerprint density at radius 1 is 1.26 bits per heavy atom. The highest BCUT2D eigenvalue weighted by Crippen LogP contribution is 2.31. The van der Waals surface area contributed by atoms with Crippen LogP contribution in [-0.2, 0) is 9.53 Å². The fourth-order valence-electron chi connectivity index (χ4n) is 3.87. The van der Waals surface area contributed by atoms with E-state index in [0.717, 1.165) is 15.6 Å². The van der Waals surface area contributed by atoms with Gasteiger partial charge in [-0.1, -0.05) is 57.1 Å². The number of hydrogen-bond donors (Lipinski definition) is 0. The number of aromatic nitrogens is 1. The molecule has 178 valence electrons. The lowest BCUT2D eigenvalue weighted by molar-refractivity contribution is -0.139. The standard InChI is InChI=1S/C26H22BrN3O4S/c1-4-33-25(32)22-16(3)29-26-30(23(22)17-7-5-15(2)6-8-17)24(31)21(35-26)14-18-13-19(27)9-10-20(18)34-12-11-28/h5-10,13-14,23H,4,12H2,1-3H3/b21-14+/t23-/m0/s1. The molecular formula is C26H22BrN3O4S. The minimum absolute atomic E-state index is 0.112. The SMILES string of the molecule is CCOC(=O)C1=C(C)N=c2s/c(=C/c3cc(Br)ccc3OCC#N)c(=O)n2[C@H]1c1ccc(C)cc1. The average molecular weight is 552 g/mol. The number of benzene rings is 2. The molecule has 4 rings (SSSR count). The number of allylic oxidation sites excluding steroid dienone is 1. The van der Waals surface area contributed by atoms with Crippen molar-refractivity contribution in [1.82, 2.24) is 4.57 Å². The summed E-state index contributed by atoms with van der Waals surface area (Å²) in [7, 11) is 0. The van der Waals surface area contributed by atoms with Crippen LogP contribution in [0.3, 0.4) is 0 Å². The molecule has 1 aliphatic rings. The third kappa shape index (κ3) is 4.99. The molecule has 35 heavy (non-hydrogen) atoms. The van der Waals surface area contributed by atoms with Crippen LogP contribution in [-0.4, -0.2) is 23.8 Å². The number of thiazole rings is 1. The first-order valence-electron chi connectivity index (χ1n) is 10.9. The van der Waals surface area contributed by atoms with Crippen LogP contribution in [0.25, 0.3) is 6.08 Å². The molecular weight excluding hydrogens is 530 g/mol. The Morgan fingerprint density at radius 3 is 2.69 bits per heavy atom. The maximum Gasteiger partial charge on any atom is 0.338 e. The van der Waals surface area contributed by atoms with Crippen molar-refractivity contribution in [3.8, 4) is 11.8 Å². The normalized spacial score (nSPS) is 15.3. The van der Waals surface area contributed by atoms with E-state index in [2.05, 4.69) is 20.9 Å². The Morgan fingerprint density at radius 2 is 2.00 bits per heavy atom. The van der Waals surface area contributed by atoms with Crippen LogP contribution in [0, 0.1) is 18.3 Å². The Labute approximate surface area is 214 Å². The Hall–Kier alpha value is -3.48. The summed E-state index contributed by atoms with van der Waals surface area (Å²) in [6.45, 7) is 5.58. The van der Waals surface area contributed by atoms with Gasteiger partial charge in [0.2, 0.25) is 0 Å². The number of aryl methyl sites for hydroxylation is 1. The number of carbonyl (C=O) groups excluding carboxylic acids is 1. The van der Waals surface area contributed by atoms with E-state index in [9.17, 15) is 9.59 Å². The topological polar surface area (TPSA) is 93.7 Å². The summed E-state index contributed by atoms with van der Waals surface area (Å²) in [5.74, 6) is -0.00755. The molecule has 0 amide bonds. The third-order valence-corrected chi connectivity index (χ3v) is 6.94. The molecule has 2 heterocycles. The maximum absolute atomic E-state index is 13.7. The van der Waals surface area contributed by atoms with E-state index in [1.807, 2.05) is 43.3 Å². The van der Waals surface area contributed by atoms with E-state index in [4.69, 9.17) is 14.7 Å². The summed E-state index contributed by atoms with van der Waals surface area (Å²) in [6, 6.07) is 14.4. The molecule has 0 fully saturated rings. The highest BCUT2D eigenvalue weighted by Gasteiger charge is 2.33. The first-order chi connectivity index (χ1) is 16.8. The number of nitrogens with zero attached hydrogens (tertiary/aromatic N) is 3. The van der Waals surface area contributed by atoms with Crippen molar-refractivity contribution in [3.05, 3.63) is 94.6 Å². The third-order valence-electron chi connectivity index (χ3n) is 5.46. The largest absolute Gasteiger partial charge is 0.478 e. The Bertz CT molecular complexity index is 1550. The molecule has 0 aliphatic carbocycles. The highest BCUT2D eigenvalue weighted by molar-refractivity contribution is 9.10. The molecule has 7 nitrogen and oxygen atoms in total. The fourth-order valence-corrected chi connectivity index (χ4v) is 5.29. The van der Waals surface area contributed by atoms with Crippen LogP contribution in [0.5, 0.6) is 5.75 Å². The summed E-state index contributed by atoms with van der Waals surface area (Å²) in [6.07, 6.45) is 1.72. The van der Waals surface area contributed by atoms with Gasteiger partial charge in [0.1, 0.15) is 11.8 Å². The van der Waals surface area contributed by atoms with E-state index >= 15 is 0 Å². The predicted octanol–water partition coefficient (Wildman–Crippen LogP) is 3.77. The number of rotatable bonds is 6. The Kier molecular flexibility index (Phi) is 7.34. The molecule has 0 radical (unpaired) electrons. The number of halogens is 1. The van der Waals surface area contributed by atoms with Gasteiger partial charge in [0.05, 0.1) is 28.5 Å². The van der Waals surface area contributed by atoms with Gasteiger partial charge in [-0.2, -0.15) is 5.26 Å². The van der Waals surface area contributed by atoms with Crippen molar-refractivity contribution in [2.45, 2.75) is 26.8 Å². The van der Waals surface area contributed by atoms with Crippen LogP contribution < -0.4 is 19.6 Å². The zero-order valence-electron chi connectivity index (χ0n) is 19.4. The molecule has 0 bridgehead atoms. The van der Waals surface area contributed by atoms with Crippen molar-refractivity contribution >= 4 is 39.3 Å². The van der Waals surface area contributed by atoms with Crippen molar-refractivity contribution in [2.24, 2.45) is 4.99 Å².